The Hall–Kier alpha value is -2.71. The van der Waals surface area contributed by atoms with Gasteiger partial charge in [-0.2, -0.15) is 0 Å². The van der Waals surface area contributed by atoms with Gasteiger partial charge in [-0.3, -0.25) is 14.4 Å². The quantitative estimate of drug-likeness (QED) is 0.404. The van der Waals surface area contributed by atoms with Crippen LogP contribution >= 0.6 is 0 Å². The van der Waals surface area contributed by atoms with E-state index in [2.05, 4.69) is 0 Å². The number of hydrogen-bond donors (Lipinski definition) is 4. The van der Waals surface area contributed by atoms with Crippen LogP contribution in [-0.2, 0) is 20.8 Å². The summed E-state index contributed by atoms with van der Waals surface area (Å²) < 4.78 is 5.82. The highest BCUT2D eigenvalue weighted by atomic mass is 16.5. The number of ketones is 2. The highest BCUT2D eigenvalue weighted by molar-refractivity contribution is 6.24. The highest BCUT2D eigenvalue weighted by Crippen LogP contribution is 2.51. The van der Waals surface area contributed by atoms with Crippen LogP contribution in [0.5, 0.6) is 5.75 Å². The number of hydrogen-bond acceptors (Lipinski definition) is 7. The van der Waals surface area contributed by atoms with Crippen molar-refractivity contribution in [2.24, 2.45) is 23.5 Å². The van der Waals surface area contributed by atoms with Gasteiger partial charge in [0.15, 0.2) is 11.4 Å². The number of nitrogens with two attached hydrogens (primary N) is 1. The number of primary amides is 1. The van der Waals surface area contributed by atoms with Crippen molar-refractivity contribution in [1.29, 1.82) is 0 Å². The SMILES string of the molecule is CCCCOc1cccc2c1C(O)=C1C(=O)[C@]3(O)C(=O)C(C(N)=O)C(O)C[C@@H]3C[C@@H]1C2. The zero-order chi connectivity index (χ0) is 22.5. The molecule has 0 radical (unpaired) electrons. The van der Waals surface area contributed by atoms with Crippen LogP contribution in [0.25, 0.3) is 5.76 Å². The van der Waals surface area contributed by atoms with E-state index < -0.39 is 46.9 Å². The predicted molar refractivity (Wildman–Crippen MR) is 110 cm³/mol. The van der Waals surface area contributed by atoms with Crippen LogP contribution in [0.1, 0.15) is 43.7 Å². The summed E-state index contributed by atoms with van der Waals surface area (Å²) >= 11 is 0. The molecule has 0 heterocycles. The van der Waals surface area contributed by atoms with Crippen LogP contribution in [0.2, 0.25) is 0 Å². The smallest absolute Gasteiger partial charge is 0.230 e. The summed E-state index contributed by atoms with van der Waals surface area (Å²) in [5.41, 5.74) is 3.95. The molecule has 1 aromatic rings. The van der Waals surface area contributed by atoms with Crippen LogP contribution in [0.15, 0.2) is 23.8 Å². The molecule has 5 atom stereocenters. The second kappa shape index (κ2) is 7.76. The standard InChI is InChI=1S/C23H27NO7/c1-2-3-7-31-15-6-4-5-11-8-12-9-13-10-14(25)18(22(24)29)21(28)23(13,30)20(27)17(12)19(26)16(11)15/h4-6,12-14,18,25-26,30H,2-3,7-10H2,1H3,(H2,24,29)/t12-,13-,14?,18?,23-/m0/s1. The van der Waals surface area contributed by atoms with E-state index in [1.165, 1.54) is 0 Å². The van der Waals surface area contributed by atoms with Crippen LogP contribution < -0.4 is 10.5 Å². The summed E-state index contributed by atoms with van der Waals surface area (Å²) in [5, 5.41) is 32.6. The van der Waals surface area contributed by atoms with Gasteiger partial charge < -0.3 is 25.8 Å². The van der Waals surface area contributed by atoms with E-state index in [0.717, 1.165) is 18.4 Å². The molecule has 3 aliphatic carbocycles. The minimum atomic E-state index is -2.49. The lowest BCUT2D eigenvalue weighted by molar-refractivity contribution is -0.174. The van der Waals surface area contributed by atoms with Gasteiger partial charge in [0.2, 0.25) is 11.7 Å². The molecule has 4 rings (SSSR count). The van der Waals surface area contributed by atoms with Gasteiger partial charge in [-0.05, 0) is 43.2 Å². The van der Waals surface area contributed by atoms with Crippen molar-refractivity contribution in [3.63, 3.8) is 0 Å². The summed E-state index contributed by atoms with van der Waals surface area (Å²) in [6, 6.07) is 5.39. The van der Waals surface area contributed by atoms with Crippen LogP contribution in [0, 0.1) is 17.8 Å². The number of rotatable bonds is 5. The first-order valence-electron chi connectivity index (χ1n) is 10.7. The average Bonchev–Trinajstić information content (AvgIpc) is 2.70. The van der Waals surface area contributed by atoms with Gasteiger partial charge in [-0.15, -0.1) is 0 Å². The number of fused-ring (bicyclic) bond motifs is 3. The first-order chi connectivity index (χ1) is 14.7. The van der Waals surface area contributed by atoms with Crippen molar-refractivity contribution in [3.05, 3.63) is 34.9 Å². The number of aliphatic hydroxyl groups excluding tert-OH is 2. The third-order valence-corrected chi connectivity index (χ3v) is 6.86. The van der Waals surface area contributed by atoms with Crippen molar-refractivity contribution in [2.45, 2.75) is 50.7 Å². The zero-order valence-electron chi connectivity index (χ0n) is 17.3. The number of amides is 1. The maximum atomic E-state index is 13.4. The van der Waals surface area contributed by atoms with Crippen molar-refractivity contribution >= 4 is 23.2 Å². The van der Waals surface area contributed by atoms with E-state index in [1.54, 1.807) is 6.07 Å². The topological polar surface area (TPSA) is 147 Å². The minimum Gasteiger partial charge on any atom is -0.507 e. The van der Waals surface area contributed by atoms with E-state index in [0.29, 0.717) is 24.3 Å². The normalized spacial score (nSPS) is 32.2. The maximum absolute atomic E-state index is 13.4. The van der Waals surface area contributed by atoms with Crippen LogP contribution in [0.3, 0.4) is 0 Å². The van der Waals surface area contributed by atoms with Gasteiger partial charge in [-0.1, -0.05) is 25.5 Å². The molecule has 0 spiro atoms. The second-order valence-corrected chi connectivity index (χ2v) is 8.73. The molecule has 0 bridgehead atoms. The summed E-state index contributed by atoms with van der Waals surface area (Å²) in [7, 11) is 0. The highest BCUT2D eigenvalue weighted by Gasteiger charge is 2.63. The number of unbranched alkanes of at least 4 members (excludes halogenated alkanes) is 1. The third kappa shape index (κ3) is 3.16. The Bertz CT molecular complexity index is 984. The Labute approximate surface area is 179 Å². The Morgan fingerprint density at radius 2 is 2.03 bits per heavy atom. The van der Waals surface area contributed by atoms with Crippen molar-refractivity contribution in [1.82, 2.24) is 0 Å². The fraction of sp³-hybridized carbons (Fsp3) is 0.522. The molecule has 0 aromatic heterocycles. The monoisotopic (exact) mass is 429 g/mol. The Morgan fingerprint density at radius 1 is 1.29 bits per heavy atom. The molecular formula is C23H27NO7. The zero-order valence-corrected chi connectivity index (χ0v) is 17.3. The van der Waals surface area contributed by atoms with Crippen molar-refractivity contribution in [2.75, 3.05) is 6.61 Å². The summed E-state index contributed by atoms with van der Waals surface area (Å²) in [5.74, 6) is -5.88. The Balaban J connectivity index is 1.78. The number of Topliss-reactive ketones (excluding diaryl/α,β-unsaturated/α-hetero) is 2. The minimum absolute atomic E-state index is 0.0225. The van der Waals surface area contributed by atoms with E-state index in [9.17, 15) is 29.7 Å². The fourth-order valence-electron chi connectivity index (χ4n) is 5.29. The molecule has 1 aromatic carbocycles. The largest absolute Gasteiger partial charge is 0.507 e. The van der Waals surface area contributed by atoms with Crippen molar-refractivity contribution < 1.29 is 34.4 Å². The van der Waals surface area contributed by atoms with Crippen LogP contribution in [0.4, 0.5) is 0 Å². The molecule has 5 N–H and O–H groups in total. The molecule has 3 aliphatic rings. The van der Waals surface area contributed by atoms with Crippen LogP contribution in [-0.4, -0.2) is 51.1 Å². The summed E-state index contributed by atoms with van der Waals surface area (Å²) in [4.78, 5) is 38.1. The third-order valence-electron chi connectivity index (χ3n) is 6.86. The molecule has 31 heavy (non-hydrogen) atoms. The lowest BCUT2D eigenvalue weighted by atomic mass is 9.56. The molecule has 0 aliphatic heterocycles. The molecular weight excluding hydrogens is 402 g/mol. The number of carbonyl (C=O) groups excluding carboxylic acids is 3. The van der Waals surface area contributed by atoms with Gasteiger partial charge in [0.05, 0.1) is 18.3 Å². The molecule has 8 nitrogen and oxygen atoms in total. The number of benzene rings is 1. The molecule has 2 fully saturated rings. The summed E-state index contributed by atoms with van der Waals surface area (Å²) in [6.07, 6.45) is 0.968. The molecule has 0 saturated heterocycles. The predicted octanol–water partition coefficient (Wildman–Crippen LogP) is 1.06. The average molecular weight is 429 g/mol. The molecule has 2 unspecified atom stereocenters. The Morgan fingerprint density at radius 3 is 2.71 bits per heavy atom. The van der Waals surface area contributed by atoms with E-state index in [1.807, 2.05) is 19.1 Å². The lowest BCUT2D eigenvalue weighted by Gasteiger charge is -2.48. The first-order valence-corrected chi connectivity index (χ1v) is 10.7. The van der Waals surface area contributed by atoms with Gasteiger partial charge in [-0.25, -0.2) is 0 Å². The van der Waals surface area contributed by atoms with Crippen molar-refractivity contribution in [3.8, 4) is 5.75 Å². The molecule has 1 amide bonds. The van der Waals surface area contributed by atoms with Gasteiger partial charge in [0, 0.05) is 11.5 Å². The molecule has 8 heteroatoms. The van der Waals surface area contributed by atoms with Gasteiger partial charge >= 0.3 is 0 Å². The summed E-state index contributed by atoms with van der Waals surface area (Å²) in [6.45, 7) is 2.48. The molecule has 166 valence electrons. The van der Waals surface area contributed by atoms with E-state index in [-0.39, 0.29) is 24.2 Å². The molecule has 2 saturated carbocycles. The van der Waals surface area contributed by atoms with Gasteiger partial charge in [0.25, 0.3) is 0 Å². The number of aliphatic hydroxyl groups is 3. The Kier molecular flexibility index (Phi) is 5.39. The second-order valence-electron chi connectivity index (χ2n) is 8.73. The fourth-order valence-corrected chi connectivity index (χ4v) is 5.29. The van der Waals surface area contributed by atoms with E-state index >= 15 is 0 Å². The number of ether oxygens (including phenoxy) is 1. The maximum Gasteiger partial charge on any atom is 0.230 e. The first kappa shape index (κ1) is 21.5. The lowest BCUT2D eigenvalue weighted by Crippen LogP contribution is -2.66. The van der Waals surface area contributed by atoms with E-state index in [4.69, 9.17) is 10.5 Å². The number of carbonyl (C=O) groups is 3. The van der Waals surface area contributed by atoms with Gasteiger partial charge in [0.1, 0.15) is 17.4 Å².